The Bertz CT molecular complexity index is 1110. The van der Waals surface area contributed by atoms with Gasteiger partial charge in [-0.05, 0) is 74.6 Å². The molecule has 0 saturated heterocycles. The molecule has 1 aromatic carbocycles. The van der Waals surface area contributed by atoms with Gasteiger partial charge in [0.1, 0.15) is 23.2 Å². The highest BCUT2D eigenvalue weighted by atomic mass is 16.5. The lowest BCUT2D eigenvalue weighted by atomic mass is 10.1. The van der Waals surface area contributed by atoms with Gasteiger partial charge in [0.15, 0.2) is 0 Å². The zero-order chi connectivity index (χ0) is 22.4. The van der Waals surface area contributed by atoms with Gasteiger partial charge in [-0.3, -0.25) is 10.4 Å². The van der Waals surface area contributed by atoms with Crippen LogP contribution in [0.3, 0.4) is 0 Å². The summed E-state index contributed by atoms with van der Waals surface area (Å²) < 4.78 is 6.10. The van der Waals surface area contributed by atoms with Gasteiger partial charge in [-0.1, -0.05) is 13.0 Å². The van der Waals surface area contributed by atoms with Crippen molar-refractivity contribution in [2.45, 2.75) is 47.0 Å². The largest absolute Gasteiger partial charge is 0.455 e. The van der Waals surface area contributed by atoms with Crippen molar-refractivity contribution in [2.75, 3.05) is 5.32 Å². The number of hydrogen-bond donors (Lipinski definition) is 3. The van der Waals surface area contributed by atoms with E-state index in [-0.39, 0.29) is 5.84 Å². The number of benzene rings is 1. The highest BCUT2D eigenvalue weighted by Crippen LogP contribution is 2.28. The third kappa shape index (κ3) is 5.94. The Kier molecular flexibility index (Phi) is 7.07. The molecule has 2 aromatic heterocycles. The Morgan fingerprint density at radius 2 is 1.94 bits per heavy atom. The minimum Gasteiger partial charge on any atom is -0.455 e. The van der Waals surface area contributed by atoms with E-state index in [1.165, 1.54) is 0 Å². The first-order valence-corrected chi connectivity index (χ1v) is 10.3. The third-order valence-corrected chi connectivity index (χ3v) is 4.95. The van der Waals surface area contributed by atoms with E-state index in [9.17, 15) is 0 Å². The Labute approximate surface area is 182 Å². The van der Waals surface area contributed by atoms with Crippen molar-refractivity contribution in [3.8, 4) is 11.5 Å². The summed E-state index contributed by atoms with van der Waals surface area (Å²) in [5.41, 5.74) is 13.1. The Hall–Kier alpha value is -3.61. The van der Waals surface area contributed by atoms with Crippen LogP contribution in [0.15, 0.2) is 47.7 Å². The molecular formula is C24H28N6O. The summed E-state index contributed by atoms with van der Waals surface area (Å²) in [6.45, 7) is 8.13. The lowest BCUT2D eigenvalue weighted by Gasteiger charge is -2.13. The number of pyridine rings is 2. The molecule has 7 nitrogen and oxygen atoms in total. The van der Waals surface area contributed by atoms with Crippen LogP contribution >= 0.6 is 0 Å². The number of ether oxygens (including phenoxy) is 1. The number of hydrogen-bond acceptors (Lipinski definition) is 6. The van der Waals surface area contributed by atoms with Gasteiger partial charge in [-0.25, -0.2) is 10.5 Å². The summed E-state index contributed by atoms with van der Waals surface area (Å²) in [7, 11) is 0. The van der Waals surface area contributed by atoms with Crippen molar-refractivity contribution in [2.24, 2.45) is 5.11 Å². The van der Waals surface area contributed by atoms with Crippen molar-refractivity contribution in [3.05, 3.63) is 70.7 Å². The molecule has 0 atom stereocenters. The minimum absolute atomic E-state index is 0.0783. The molecule has 0 saturated carbocycles. The lowest BCUT2D eigenvalue weighted by Crippen LogP contribution is -2.00. The van der Waals surface area contributed by atoms with Gasteiger partial charge in [-0.15, -0.1) is 5.11 Å². The van der Waals surface area contributed by atoms with E-state index in [0.717, 1.165) is 45.9 Å². The molecule has 0 amide bonds. The predicted molar refractivity (Wildman–Crippen MR) is 123 cm³/mol. The van der Waals surface area contributed by atoms with Gasteiger partial charge in [0.05, 0.1) is 5.69 Å². The molecule has 7 heteroatoms. The van der Waals surface area contributed by atoms with Crippen LogP contribution in [-0.4, -0.2) is 15.8 Å². The fraction of sp³-hybridized carbons (Fsp3) is 0.292. The summed E-state index contributed by atoms with van der Waals surface area (Å²) in [6.07, 6.45) is 3.71. The maximum atomic E-state index is 7.54. The topological polar surface area (TPSA) is 107 Å². The van der Waals surface area contributed by atoms with Gasteiger partial charge < -0.3 is 10.1 Å². The quantitative estimate of drug-likeness (QED) is 0.223. The fourth-order valence-corrected chi connectivity index (χ4v) is 3.41. The van der Waals surface area contributed by atoms with Crippen LogP contribution in [0.2, 0.25) is 0 Å². The van der Waals surface area contributed by atoms with Gasteiger partial charge >= 0.3 is 0 Å². The Morgan fingerprint density at radius 3 is 2.68 bits per heavy atom. The van der Waals surface area contributed by atoms with Gasteiger partial charge in [-0.2, -0.15) is 0 Å². The number of amidine groups is 1. The predicted octanol–water partition coefficient (Wildman–Crippen LogP) is 6.44. The van der Waals surface area contributed by atoms with Crippen molar-refractivity contribution in [1.29, 1.82) is 10.9 Å². The molecule has 0 bridgehead atoms. The van der Waals surface area contributed by atoms with Crippen LogP contribution in [0, 0.1) is 31.7 Å². The fourth-order valence-electron chi connectivity index (χ4n) is 3.41. The molecule has 3 aromatic rings. The van der Waals surface area contributed by atoms with Gasteiger partial charge in [0, 0.05) is 30.1 Å². The van der Waals surface area contributed by atoms with Crippen LogP contribution in [0.1, 0.15) is 41.4 Å². The average Bonchev–Trinajstić information content (AvgIpc) is 2.74. The molecule has 3 N–H and O–H groups in total. The molecule has 160 valence electrons. The number of rotatable bonds is 8. The van der Waals surface area contributed by atoms with Crippen molar-refractivity contribution in [3.63, 3.8) is 0 Å². The van der Waals surface area contributed by atoms with E-state index in [1.54, 1.807) is 6.20 Å². The zero-order valence-corrected chi connectivity index (χ0v) is 18.4. The molecule has 0 aliphatic rings. The van der Waals surface area contributed by atoms with E-state index < -0.39 is 0 Å². The van der Waals surface area contributed by atoms with Crippen molar-refractivity contribution in [1.82, 2.24) is 9.97 Å². The van der Waals surface area contributed by atoms with Crippen LogP contribution in [0.4, 0.5) is 11.5 Å². The highest BCUT2D eigenvalue weighted by Gasteiger charge is 2.09. The smallest absolute Gasteiger partial charge is 0.148 e. The molecular weight excluding hydrogens is 388 g/mol. The average molecular weight is 417 g/mol. The SMILES string of the molecule is CCc1nc(C)c(Oc2ccnc(Nc3cc(C)cc(CCC(=N)N=N)c3)c2)cc1C. The summed E-state index contributed by atoms with van der Waals surface area (Å²) in [6, 6.07) is 11.9. The van der Waals surface area contributed by atoms with E-state index in [2.05, 4.69) is 33.4 Å². The second-order valence-corrected chi connectivity index (χ2v) is 7.56. The molecule has 0 radical (unpaired) electrons. The standard InChI is InChI=1S/C24H28N6O/c1-5-21-16(3)12-22(17(4)28-21)31-20-8-9-27-24(14-20)29-19-11-15(2)10-18(13-19)6-7-23(25)30-26/h8-14,25-26H,5-7H2,1-4H3,(H,27,29). The second kappa shape index (κ2) is 9.93. The number of aromatic nitrogens is 2. The Balaban J connectivity index is 1.77. The first-order valence-electron chi connectivity index (χ1n) is 10.3. The van der Waals surface area contributed by atoms with E-state index in [0.29, 0.717) is 24.4 Å². The molecule has 0 spiro atoms. The molecule has 0 unspecified atom stereocenters. The van der Waals surface area contributed by atoms with Crippen molar-refractivity contribution >= 4 is 17.3 Å². The van der Waals surface area contributed by atoms with Crippen molar-refractivity contribution < 1.29 is 4.74 Å². The maximum absolute atomic E-state index is 7.54. The summed E-state index contributed by atoms with van der Waals surface area (Å²) in [5, 5.41) is 14.0. The normalized spacial score (nSPS) is 10.6. The number of nitrogens with one attached hydrogen (secondary N) is 3. The summed E-state index contributed by atoms with van der Waals surface area (Å²) in [4.78, 5) is 9.05. The molecule has 31 heavy (non-hydrogen) atoms. The van der Waals surface area contributed by atoms with Gasteiger partial charge in [0.2, 0.25) is 0 Å². The molecule has 2 heterocycles. The van der Waals surface area contributed by atoms with E-state index in [4.69, 9.17) is 15.7 Å². The zero-order valence-electron chi connectivity index (χ0n) is 18.4. The van der Waals surface area contributed by atoms with Crippen LogP contribution in [0.25, 0.3) is 0 Å². The third-order valence-electron chi connectivity index (χ3n) is 4.95. The molecule has 3 rings (SSSR count). The van der Waals surface area contributed by atoms with Crippen LogP contribution < -0.4 is 10.1 Å². The minimum atomic E-state index is 0.0783. The monoisotopic (exact) mass is 416 g/mol. The summed E-state index contributed by atoms with van der Waals surface area (Å²) in [5.74, 6) is 2.18. The second-order valence-electron chi connectivity index (χ2n) is 7.56. The maximum Gasteiger partial charge on any atom is 0.148 e. The van der Waals surface area contributed by atoms with Crippen LogP contribution in [-0.2, 0) is 12.8 Å². The highest BCUT2D eigenvalue weighted by molar-refractivity contribution is 5.79. The van der Waals surface area contributed by atoms with Crippen LogP contribution in [0.5, 0.6) is 11.5 Å². The number of anilines is 2. The lowest BCUT2D eigenvalue weighted by molar-refractivity contribution is 0.474. The Morgan fingerprint density at radius 1 is 1.13 bits per heavy atom. The summed E-state index contributed by atoms with van der Waals surface area (Å²) >= 11 is 0. The molecule has 0 fully saturated rings. The molecule has 0 aliphatic heterocycles. The number of nitrogens with zero attached hydrogens (tertiary/aromatic N) is 3. The van der Waals surface area contributed by atoms with E-state index in [1.807, 2.05) is 51.1 Å². The first kappa shape index (κ1) is 22.1. The molecule has 0 aliphatic carbocycles. The van der Waals surface area contributed by atoms with Gasteiger partial charge in [0.25, 0.3) is 0 Å². The van der Waals surface area contributed by atoms with E-state index >= 15 is 0 Å². The first-order chi connectivity index (χ1) is 14.9. The number of aryl methyl sites for hydroxylation is 5.